The first-order valence-electron chi connectivity index (χ1n) is 20.7. The minimum absolute atomic E-state index is 0.596. The van der Waals surface area contributed by atoms with E-state index in [1.54, 1.807) is 0 Å². The maximum atomic E-state index is 6.82. The number of aromatic nitrogens is 4. The van der Waals surface area contributed by atoms with Gasteiger partial charge in [0.1, 0.15) is 11.2 Å². The molecular formula is C56H34N4O. The summed E-state index contributed by atoms with van der Waals surface area (Å²) in [6, 6.07) is 73.0. The summed E-state index contributed by atoms with van der Waals surface area (Å²) in [6.07, 6.45) is 0. The number of rotatable bonds is 5. The van der Waals surface area contributed by atoms with Gasteiger partial charge in [-0.25, -0.2) is 9.97 Å². The summed E-state index contributed by atoms with van der Waals surface area (Å²) in [5.74, 6) is 0.596. The van der Waals surface area contributed by atoms with Crippen LogP contribution in [0.1, 0.15) is 0 Å². The van der Waals surface area contributed by atoms with Gasteiger partial charge in [0, 0.05) is 43.6 Å². The summed E-state index contributed by atoms with van der Waals surface area (Å²) in [5, 5.41) is 7.60. The van der Waals surface area contributed by atoms with Crippen LogP contribution in [-0.4, -0.2) is 19.1 Å². The zero-order chi connectivity index (χ0) is 40.0. The van der Waals surface area contributed by atoms with Gasteiger partial charge in [0.25, 0.3) is 0 Å². The fourth-order valence-corrected chi connectivity index (χ4v) is 9.58. The van der Waals surface area contributed by atoms with Crippen molar-refractivity contribution < 1.29 is 4.42 Å². The van der Waals surface area contributed by atoms with Crippen LogP contribution in [0.2, 0.25) is 0 Å². The zero-order valence-electron chi connectivity index (χ0n) is 32.8. The summed E-state index contributed by atoms with van der Waals surface area (Å²) >= 11 is 0. The van der Waals surface area contributed by atoms with Crippen molar-refractivity contribution in [2.75, 3.05) is 0 Å². The highest BCUT2D eigenvalue weighted by Gasteiger charge is 2.26. The number of hydrogen-bond donors (Lipinski definition) is 0. The second-order valence-electron chi connectivity index (χ2n) is 15.7. The maximum Gasteiger partial charge on any atom is 0.235 e. The van der Waals surface area contributed by atoms with Crippen molar-refractivity contribution in [3.05, 3.63) is 206 Å². The Morgan fingerprint density at radius 1 is 0.361 bits per heavy atom. The number of para-hydroxylation sites is 3. The minimum atomic E-state index is 0.596. The van der Waals surface area contributed by atoms with Gasteiger partial charge in [-0.2, -0.15) is 0 Å². The van der Waals surface area contributed by atoms with Crippen LogP contribution >= 0.6 is 0 Å². The van der Waals surface area contributed by atoms with Gasteiger partial charge in [0.2, 0.25) is 5.95 Å². The van der Waals surface area contributed by atoms with Gasteiger partial charge < -0.3 is 8.98 Å². The van der Waals surface area contributed by atoms with E-state index in [-0.39, 0.29) is 0 Å². The molecule has 5 nitrogen and oxygen atoms in total. The Labute approximate surface area is 350 Å². The van der Waals surface area contributed by atoms with E-state index >= 15 is 0 Å². The number of hydrogen-bond acceptors (Lipinski definition) is 3. The van der Waals surface area contributed by atoms with Gasteiger partial charge in [-0.1, -0.05) is 164 Å². The Bertz CT molecular complexity index is 3860. The Kier molecular flexibility index (Phi) is 7.24. The predicted molar refractivity (Wildman–Crippen MR) is 252 cm³/mol. The minimum Gasteiger partial charge on any atom is -0.455 e. The van der Waals surface area contributed by atoms with Crippen LogP contribution in [0.15, 0.2) is 211 Å². The molecule has 0 spiro atoms. The lowest BCUT2D eigenvalue weighted by Crippen LogP contribution is -2.05. The molecule has 9 aromatic carbocycles. The van der Waals surface area contributed by atoms with Crippen molar-refractivity contribution in [1.82, 2.24) is 19.1 Å². The molecular weight excluding hydrogens is 745 g/mol. The van der Waals surface area contributed by atoms with Gasteiger partial charge in [-0.3, -0.25) is 4.57 Å². The Morgan fingerprint density at radius 3 is 1.79 bits per heavy atom. The van der Waals surface area contributed by atoms with Crippen molar-refractivity contribution >= 4 is 76.5 Å². The van der Waals surface area contributed by atoms with Gasteiger partial charge in [0.05, 0.1) is 38.7 Å². The van der Waals surface area contributed by atoms with E-state index in [2.05, 4.69) is 209 Å². The monoisotopic (exact) mass is 778 g/mol. The smallest absolute Gasteiger partial charge is 0.235 e. The fraction of sp³-hybridized carbons (Fsp3) is 0. The molecule has 0 aliphatic carbocycles. The molecule has 284 valence electrons. The molecule has 4 heterocycles. The normalized spacial score (nSPS) is 11.9. The van der Waals surface area contributed by atoms with Crippen LogP contribution in [0.4, 0.5) is 0 Å². The molecule has 0 aliphatic heterocycles. The molecule has 0 N–H and O–H groups in total. The zero-order valence-corrected chi connectivity index (χ0v) is 32.8. The SMILES string of the molecule is c1ccc(-c2ccc(-c3nc(-n4c5ccc6c7ccccc7oc6c5c5ccc6c7ccccc7n(-c7cccc(-c8ccccc8)c7)c6c54)nc4ccccc34)cc2)cc1. The predicted octanol–water partition coefficient (Wildman–Crippen LogP) is 14.7. The van der Waals surface area contributed by atoms with E-state index in [1.807, 2.05) is 6.07 Å². The lowest BCUT2D eigenvalue weighted by atomic mass is 10.0. The van der Waals surface area contributed by atoms with Crippen LogP contribution < -0.4 is 0 Å². The van der Waals surface area contributed by atoms with E-state index < -0.39 is 0 Å². The van der Waals surface area contributed by atoms with Crippen molar-refractivity contribution in [1.29, 1.82) is 0 Å². The second-order valence-corrected chi connectivity index (χ2v) is 15.7. The molecule has 0 fully saturated rings. The molecule has 0 unspecified atom stereocenters. The van der Waals surface area contributed by atoms with Crippen molar-refractivity contribution in [3.8, 4) is 45.1 Å². The third-order valence-corrected chi connectivity index (χ3v) is 12.3. The quantitative estimate of drug-likeness (QED) is 0.175. The van der Waals surface area contributed by atoms with Crippen LogP contribution in [-0.2, 0) is 0 Å². The summed E-state index contributed by atoms with van der Waals surface area (Å²) in [6.45, 7) is 0. The first kappa shape index (κ1) is 33.7. The molecule has 13 rings (SSSR count). The molecule has 0 saturated heterocycles. The third-order valence-electron chi connectivity index (χ3n) is 12.3. The summed E-state index contributed by atoms with van der Waals surface area (Å²) in [5.41, 5.74) is 14.4. The standard InChI is InChI=1S/C56H34N4O/c1-3-14-35(15-4-1)37-26-28-38(29-27-37)52-45-22-7-10-23-47(45)57-56(58-52)60-49-33-32-44-42-21-9-12-25-50(42)61-55(44)51(49)46-31-30-43-41-20-8-11-24-48(41)59(53(43)54(46)60)40-19-13-18-39(34-40)36-16-5-2-6-17-36/h1-34H. The fourth-order valence-electron chi connectivity index (χ4n) is 9.58. The average molecular weight is 779 g/mol. The Balaban J connectivity index is 1.17. The van der Waals surface area contributed by atoms with Crippen molar-refractivity contribution in [3.63, 3.8) is 0 Å². The van der Waals surface area contributed by atoms with Gasteiger partial charge in [-0.15, -0.1) is 0 Å². The Morgan fingerprint density at radius 2 is 0.967 bits per heavy atom. The number of nitrogens with zero attached hydrogens (tertiary/aromatic N) is 4. The maximum absolute atomic E-state index is 6.82. The summed E-state index contributed by atoms with van der Waals surface area (Å²) < 4.78 is 11.5. The molecule has 0 amide bonds. The molecule has 0 aliphatic rings. The summed E-state index contributed by atoms with van der Waals surface area (Å²) in [4.78, 5) is 11.0. The highest BCUT2D eigenvalue weighted by molar-refractivity contribution is 6.29. The van der Waals surface area contributed by atoms with E-state index in [0.717, 1.165) is 99.1 Å². The Hall–Kier alpha value is -8.28. The first-order chi connectivity index (χ1) is 30.3. The second kappa shape index (κ2) is 13.1. The van der Waals surface area contributed by atoms with E-state index in [1.165, 1.54) is 16.5 Å². The highest BCUT2D eigenvalue weighted by atomic mass is 16.3. The molecule has 61 heavy (non-hydrogen) atoms. The van der Waals surface area contributed by atoms with Crippen LogP contribution in [0.3, 0.4) is 0 Å². The third kappa shape index (κ3) is 5.08. The molecule has 5 heteroatoms. The lowest BCUT2D eigenvalue weighted by molar-refractivity contribution is 0.673. The van der Waals surface area contributed by atoms with E-state index in [9.17, 15) is 0 Å². The number of benzene rings is 9. The lowest BCUT2D eigenvalue weighted by Gasteiger charge is -2.14. The molecule has 0 atom stereocenters. The number of furan rings is 1. The van der Waals surface area contributed by atoms with Crippen LogP contribution in [0.5, 0.6) is 0 Å². The average Bonchev–Trinajstić information content (AvgIpc) is 4.00. The topological polar surface area (TPSA) is 48.8 Å². The van der Waals surface area contributed by atoms with Crippen molar-refractivity contribution in [2.24, 2.45) is 0 Å². The number of fused-ring (bicyclic) bond motifs is 12. The van der Waals surface area contributed by atoms with Gasteiger partial charge in [-0.05, 0) is 64.7 Å². The molecule has 0 bridgehead atoms. The highest BCUT2D eigenvalue weighted by Crippen LogP contribution is 2.45. The van der Waals surface area contributed by atoms with Gasteiger partial charge in [0.15, 0.2) is 0 Å². The van der Waals surface area contributed by atoms with E-state index in [0.29, 0.717) is 5.95 Å². The van der Waals surface area contributed by atoms with Gasteiger partial charge >= 0.3 is 0 Å². The molecule has 0 saturated carbocycles. The molecule has 4 aromatic heterocycles. The molecule has 13 aromatic rings. The van der Waals surface area contributed by atoms with E-state index in [4.69, 9.17) is 14.4 Å². The first-order valence-corrected chi connectivity index (χ1v) is 20.7. The van der Waals surface area contributed by atoms with Crippen LogP contribution in [0.25, 0.3) is 122 Å². The van der Waals surface area contributed by atoms with Crippen molar-refractivity contribution in [2.45, 2.75) is 0 Å². The largest absolute Gasteiger partial charge is 0.455 e. The van der Waals surface area contributed by atoms with Crippen LogP contribution in [0, 0.1) is 0 Å². The molecule has 0 radical (unpaired) electrons. The summed E-state index contributed by atoms with van der Waals surface area (Å²) in [7, 11) is 0.